The van der Waals surface area contributed by atoms with Crippen LogP contribution in [-0.4, -0.2) is 23.4 Å². The molecule has 0 fully saturated rings. The summed E-state index contributed by atoms with van der Waals surface area (Å²) in [6.45, 7) is 0. The van der Waals surface area contributed by atoms with Gasteiger partial charge in [-0.15, -0.1) is 0 Å². The summed E-state index contributed by atoms with van der Waals surface area (Å²) in [6, 6.07) is 12.3. The molecule has 0 bridgehead atoms. The van der Waals surface area contributed by atoms with Crippen LogP contribution in [0.3, 0.4) is 0 Å². The zero-order valence-electron chi connectivity index (χ0n) is 11.1. The quantitative estimate of drug-likeness (QED) is 0.881. The van der Waals surface area contributed by atoms with E-state index in [1.807, 2.05) is 18.2 Å². The molecule has 0 radical (unpaired) electrons. The average molecular weight is 272 g/mol. The van der Waals surface area contributed by atoms with Crippen molar-refractivity contribution in [2.75, 3.05) is 7.11 Å². The second kappa shape index (κ2) is 5.06. The van der Waals surface area contributed by atoms with Crippen molar-refractivity contribution < 1.29 is 19.7 Å². The first-order chi connectivity index (χ1) is 9.67. The van der Waals surface area contributed by atoms with Crippen molar-refractivity contribution in [2.45, 2.75) is 18.6 Å². The number of aliphatic hydroxyl groups is 1. The number of methoxy groups -OCH3 is 1. The number of aromatic hydroxyl groups is 1. The maximum absolute atomic E-state index is 10.2. The van der Waals surface area contributed by atoms with Crippen LogP contribution in [0, 0.1) is 0 Å². The molecule has 0 saturated carbocycles. The van der Waals surface area contributed by atoms with Gasteiger partial charge in [0.1, 0.15) is 23.4 Å². The van der Waals surface area contributed by atoms with Crippen molar-refractivity contribution >= 4 is 0 Å². The van der Waals surface area contributed by atoms with E-state index in [1.165, 1.54) is 0 Å². The number of phenolic OH excluding ortho intramolecular Hbond substituents is 1. The van der Waals surface area contributed by atoms with Crippen LogP contribution < -0.4 is 9.47 Å². The topological polar surface area (TPSA) is 58.9 Å². The summed E-state index contributed by atoms with van der Waals surface area (Å²) in [4.78, 5) is 0. The van der Waals surface area contributed by atoms with Gasteiger partial charge in [-0.2, -0.15) is 0 Å². The zero-order valence-corrected chi connectivity index (χ0v) is 11.1. The van der Waals surface area contributed by atoms with Crippen molar-refractivity contribution in [2.24, 2.45) is 0 Å². The van der Waals surface area contributed by atoms with Crippen molar-refractivity contribution in [1.29, 1.82) is 0 Å². The third kappa shape index (κ3) is 2.30. The van der Waals surface area contributed by atoms with E-state index in [9.17, 15) is 10.2 Å². The summed E-state index contributed by atoms with van der Waals surface area (Å²) in [5.74, 6) is 1.65. The van der Waals surface area contributed by atoms with Crippen LogP contribution >= 0.6 is 0 Å². The number of aliphatic hydroxyl groups excluding tert-OH is 1. The Kier molecular flexibility index (Phi) is 3.24. The molecule has 4 nitrogen and oxygen atoms in total. The Balaban J connectivity index is 1.92. The molecule has 0 aliphatic carbocycles. The Morgan fingerprint density at radius 2 is 1.90 bits per heavy atom. The van der Waals surface area contributed by atoms with Crippen LogP contribution in [0.15, 0.2) is 42.5 Å². The second-order valence-electron chi connectivity index (χ2n) is 4.88. The molecule has 4 heteroatoms. The van der Waals surface area contributed by atoms with E-state index < -0.39 is 12.2 Å². The van der Waals surface area contributed by atoms with Crippen molar-refractivity contribution in [3.8, 4) is 17.2 Å². The minimum absolute atomic E-state index is 0.195. The second-order valence-corrected chi connectivity index (χ2v) is 4.88. The van der Waals surface area contributed by atoms with Crippen LogP contribution in [0.25, 0.3) is 0 Å². The van der Waals surface area contributed by atoms with Gasteiger partial charge < -0.3 is 19.7 Å². The van der Waals surface area contributed by atoms with Crippen molar-refractivity contribution in [1.82, 2.24) is 0 Å². The number of benzene rings is 2. The van der Waals surface area contributed by atoms with Gasteiger partial charge in [-0.05, 0) is 29.3 Å². The van der Waals surface area contributed by atoms with E-state index in [1.54, 1.807) is 31.4 Å². The first kappa shape index (κ1) is 12.8. The molecule has 2 N–H and O–H groups in total. The molecule has 2 aromatic rings. The number of hydrogen-bond donors (Lipinski definition) is 2. The fraction of sp³-hybridized carbons (Fsp3) is 0.250. The third-order valence-corrected chi connectivity index (χ3v) is 3.53. The van der Waals surface area contributed by atoms with Gasteiger partial charge in [0.2, 0.25) is 0 Å². The van der Waals surface area contributed by atoms with E-state index in [0.717, 1.165) is 22.6 Å². The number of fused-ring (bicyclic) bond motifs is 1. The van der Waals surface area contributed by atoms with Gasteiger partial charge in [0, 0.05) is 12.5 Å². The molecular formula is C16H16O4. The van der Waals surface area contributed by atoms with Crippen LogP contribution in [-0.2, 0) is 6.42 Å². The lowest BCUT2D eigenvalue weighted by atomic mass is 9.94. The fourth-order valence-corrected chi connectivity index (χ4v) is 2.44. The Morgan fingerprint density at radius 1 is 1.15 bits per heavy atom. The highest BCUT2D eigenvalue weighted by Gasteiger charge is 2.30. The average Bonchev–Trinajstić information content (AvgIpc) is 2.47. The lowest BCUT2D eigenvalue weighted by Gasteiger charge is -2.31. The SMILES string of the molecule is COc1ccc2c(c1)O[C@H](c1ccc(O)cc1)[C@@H](O)C2. The smallest absolute Gasteiger partial charge is 0.150 e. The normalized spacial score (nSPS) is 20.9. The summed E-state index contributed by atoms with van der Waals surface area (Å²) in [5, 5.41) is 19.6. The number of phenols is 1. The van der Waals surface area contributed by atoms with E-state index in [-0.39, 0.29) is 5.75 Å². The van der Waals surface area contributed by atoms with Crippen molar-refractivity contribution in [3.63, 3.8) is 0 Å². The van der Waals surface area contributed by atoms with E-state index in [4.69, 9.17) is 9.47 Å². The summed E-state index contributed by atoms with van der Waals surface area (Å²) < 4.78 is 11.1. The van der Waals surface area contributed by atoms with Crippen LogP contribution in [0.4, 0.5) is 0 Å². The number of rotatable bonds is 2. The standard InChI is InChI=1S/C16H16O4/c1-19-13-7-4-11-8-14(18)16(20-15(11)9-13)10-2-5-12(17)6-3-10/h2-7,9,14,16-18H,8H2,1H3/t14-,16+/m0/s1. The van der Waals surface area contributed by atoms with Crippen LogP contribution in [0.5, 0.6) is 17.2 Å². The molecule has 0 amide bonds. The molecule has 2 atom stereocenters. The summed E-state index contributed by atoms with van der Waals surface area (Å²) in [7, 11) is 1.61. The molecule has 0 saturated heterocycles. The summed E-state index contributed by atoms with van der Waals surface area (Å²) >= 11 is 0. The van der Waals surface area contributed by atoms with E-state index in [2.05, 4.69) is 0 Å². The molecule has 1 aliphatic heterocycles. The molecule has 104 valence electrons. The molecule has 0 aromatic heterocycles. The molecule has 0 unspecified atom stereocenters. The maximum Gasteiger partial charge on any atom is 0.150 e. The van der Waals surface area contributed by atoms with Crippen LogP contribution in [0.2, 0.25) is 0 Å². The summed E-state index contributed by atoms with van der Waals surface area (Å²) in [5.41, 5.74) is 1.80. The first-order valence-corrected chi connectivity index (χ1v) is 6.48. The summed E-state index contributed by atoms with van der Waals surface area (Å²) in [6.07, 6.45) is -0.513. The molecule has 3 rings (SSSR count). The molecule has 0 spiro atoms. The molecule has 2 aromatic carbocycles. The molecular weight excluding hydrogens is 256 g/mol. The highest BCUT2D eigenvalue weighted by Crippen LogP contribution is 2.37. The Hall–Kier alpha value is -2.20. The minimum atomic E-state index is -0.611. The Labute approximate surface area is 117 Å². The minimum Gasteiger partial charge on any atom is -0.508 e. The highest BCUT2D eigenvalue weighted by molar-refractivity contribution is 5.43. The van der Waals surface area contributed by atoms with E-state index >= 15 is 0 Å². The number of hydrogen-bond acceptors (Lipinski definition) is 4. The lowest BCUT2D eigenvalue weighted by molar-refractivity contribution is 0.0206. The van der Waals surface area contributed by atoms with Gasteiger partial charge in [-0.25, -0.2) is 0 Å². The first-order valence-electron chi connectivity index (χ1n) is 6.48. The molecule has 1 aliphatic rings. The van der Waals surface area contributed by atoms with Crippen molar-refractivity contribution in [3.05, 3.63) is 53.6 Å². The fourth-order valence-electron chi connectivity index (χ4n) is 2.44. The highest BCUT2D eigenvalue weighted by atomic mass is 16.5. The van der Waals surface area contributed by atoms with Gasteiger partial charge >= 0.3 is 0 Å². The zero-order chi connectivity index (χ0) is 14.1. The third-order valence-electron chi connectivity index (χ3n) is 3.53. The molecule has 20 heavy (non-hydrogen) atoms. The van der Waals surface area contributed by atoms with Gasteiger partial charge in [0.15, 0.2) is 0 Å². The van der Waals surface area contributed by atoms with E-state index in [0.29, 0.717) is 6.42 Å². The van der Waals surface area contributed by atoms with Gasteiger partial charge in [0.25, 0.3) is 0 Å². The predicted molar refractivity (Wildman–Crippen MR) is 74.2 cm³/mol. The monoisotopic (exact) mass is 272 g/mol. The number of ether oxygens (including phenoxy) is 2. The van der Waals surface area contributed by atoms with Gasteiger partial charge in [-0.1, -0.05) is 18.2 Å². The predicted octanol–water partition coefficient (Wildman–Crippen LogP) is 2.44. The molecule has 1 heterocycles. The Bertz CT molecular complexity index is 606. The maximum atomic E-state index is 10.2. The van der Waals surface area contributed by atoms with Gasteiger partial charge in [-0.3, -0.25) is 0 Å². The largest absolute Gasteiger partial charge is 0.508 e. The van der Waals surface area contributed by atoms with Crippen LogP contribution in [0.1, 0.15) is 17.2 Å². The van der Waals surface area contributed by atoms with Gasteiger partial charge in [0.05, 0.1) is 13.2 Å². The Morgan fingerprint density at radius 3 is 2.60 bits per heavy atom. The lowest BCUT2D eigenvalue weighted by Crippen LogP contribution is -2.30.